The molecule has 0 aromatic carbocycles. The third-order valence-corrected chi connectivity index (χ3v) is 4.29. The predicted octanol–water partition coefficient (Wildman–Crippen LogP) is 4.26. The van der Waals surface area contributed by atoms with E-state index in [4.69, 9.17) is 4.74 Å². The van der Waals surface area contributed by atoms with Crippen molar-refractivity contribution < 1.29 is 27.4 Å². The number of pyridine rings is 1. The normalized spacial score (nSPS) is 21.7. The zero-order valence-corrected chi connectivity index (χ0v) is 13.6. The lowest BCUT2D eigenvalue weighted by atomic mass is 9.81. The second kappa shape index (κ2) is 7.68. The van der Waals surface area contributed by atoms with Crippen LogP contribution in [0.4, 0.5) is 13.2 Å². The van der Waals surface area contributed by atoms with Gasteiger partial charge in [0.15, 0.2) is 0 Å². The van der Waals surface area contributed by atoms with Crippen LogP contribution in [0.3, 0.4) is 0 Å². The van der Waals surface area contributed by atoms with Crippen LogP contribution in [0.5, 0.6) is 5.75 Å². The fourth-order valence-corrected chi connectivity index (χ4v) is 2.85. The molecule has 0 atom stereocenters. The van der Waals surface area contributed by atoms with Crippen molar-refractivity contribution in [1.82, 2.24) is 4.98 Å². The van der Waals surface area contributed by atoms with Crippen molar-refractivity contribution >= 4 is 12.0 Å². The van der Waals surface area contributed by atoms with Crippen LogP contribution in [0.15, 0.2) is 18.3 Å². The molecule has 2 rings (SSSR count). The highest BCUT2D eigenvalue weighted by Gasteiger charge is 2.40. The number of methoxy groups -OCH3 is 2. The van der Waals surface area contributed by atoms with Crippen LogP contribution in [0, 0.1) is 11.8 Å². The summed E-state index contributed by atoms with van der Waals surface area (Å²) in [6.45, 7) is 0. The average Bonchev–Trinajstić information content (AvgIpc) is 2.58. The number of carbonyl (C=O) groups excluding carboxylic acids is 1. The molecule has 4 nitrogen and oxygen atoms in total. The van der Waals surface area contributed by atoms with E-state index in [1.54, 1.807) is 12.1 Å². The highest BCUT2D eigenvalue weighted by molar-refractivity contribution is 5.88. The average molecular weight is 343 g/mol. The first-order valence-electron chi connectivity index (χ1n) is 7.72. The Labute approximate surface area is 138 Å². The van der Waals surface area contributed by atoms with Gasteiger partial charge in [-0.25, -0.2) is 9.78 Å². The summed E-state index contributed by atoms with van der Waals surface area (Å²) in [5, 5.41) is 0. The molecule has 0 saturated heterocycles. The number of ether oxygens (including phenoxy) is 2. The first-order chi connectivity index (χ1) is 11.3. The Morgan fingerprint density at radius 1 is 1.25 bits per heavy atom. The number of allylic oxidation sites excluding steroid dienone is 1. The molecule has 1 fully saturated rings. The fourth-order valence-electron chi connectivity index (χ4n) is 2.85. The number of carbonyl (C=O) groups is 1. The molecule has 1 aromatic heterocycles. The largest absolute Gasteiger partial charge is 0.495 e. The zero-order valence-electron chi connectivity index (χ0n) is 13.6. The van der Waals surface area contributed by atoms with Crippen LogP contribution < -0.4 is 4.74 Å². The van der Waals surface area contributed by atoms with Crippen molar-refractivity contribution in [3.05, 3.63) is 29.6 Å². The van der Waals surface area contributed by atoms with E-state index < -0.39 is 18.1 Å². The summed E-state index contributed by atoms with van der Waals surface area (Å²) in [5.41, 5.74) is 0.796. The van der Waals surface area contributed by atoms with Crippen molar-refractivity contribution in [2.75, 3.05) is 14.2 Å². The molecule has 7 heteroatoms. The molecule has 1 saturated carbocycles. The number of alkyl halides is 3. The van der Waals surface area contributed by atoms with E-state index in [0.29, 0.717) is 24.2 Å². The minimum absolute atomic E-state index is 0.0862. The Bertz CT molecular complexity index is 606. The van der Waals surface area contributed by atoms with Gasteiger partial charge in [0.25, 0.3) is 0 Å². The van der Waals surface area contributed by atoms with Crippen molar-refractivity contribution in [2.24, 2.45) is 11.8 Å². The summed E-state index contributed by atoms with van der Waals surface area (Å²) < 4.78 is 47.9. The van der Waals surface area contributed by atoms with Gasteiger partial charge in [-0.05, 0) is 37.7 Å². The standard InChI is InChI=1S/C17H20F3NO3/c1-23-15-10-21-14(16(22)24-2)9-12(15)6-3-11-4-7-13(8-5-11)17(18,19)20/h3,6,9-11,13H,4-5,7-8H2,1-2H3/b6-3+. The van der Waals surface area contributed by atoms with E-state index in [1.807, 2.05) is 6.08 Å². The van der Waals surface area contributed by atoms with Gasteiger partial charge in [0.2, 0.25) is 0 Å². The number of aromatic nitrogens is 1. The maximum absolute atomic E-state index is 12.7. The van der Waals surface area contributed by atoms with Crippen molar-refractivity contribution in [2.45, 2.75) is 31.9 Å². The molecule has 0 unspecified atom stereocenters. The lowest BCUT2D eigenvalue weighted by molar-refractivity contribution is -0.183. The van der Waals surface area contributed by atoms with Crippen molar-refractivity contribution in [1.29, 1.82) is 0 Å². The fraction of sp³-hybridized carbons (Fsp3) is 0.529. The molecule has 1 heterocycles. The molecular weight excluding hydrogens is 323 g/mol. The SMILES string of the molecule is COC(=O)c1cc(/C=C/C2CCC(C(F)(F)F)CC2)c(OC)cn1. The maximum atomic E-state index is 12.7. The Hall–Kier alpha value is -2.05. The summed E-state index contributed by atoms with van der Waals surface area (Å²) in [6, 6.07) is 1.54. The van der Waals surface area contributed by atoms with Gasteiger partial charge < -0.3 is 9.47 Å². The van der Waals surface area contributed by atoms with Crippen molar-refractivity contribution in [3.8, 4) is 5.75 Å². The zero-order chi connectivity index (χ0) is 17.7. The second-order valence-electron chi connectivity index (χ2n) is 5.82. The molecule has 24 heavy (non-hydrogen) atoms. The summed E-state index contributed by atoms with van der Waals surface area (Å²) in [7, 11) is 2.75. The number of halogens is 3. The first kappa shape index (κ1) is 18.3. The molecule has 0 aliphatic heterocycles. The summed E-state index contributed by atoms with van der Waals surface area (Å²) in [4.78, 5) is 15.5. The van der Waals surface area contributed by atoms with E-state index in [0.717, 1.165) is 0 Å². The van der Waals surface area contributed by atoms with Gasteiger partial charge in [0.05, 0.1) is 26.3 Å². The Kier molecular flexibility index (Phi) is 5.85. The molecule has 1 aliphatic carbocycles. The summed E-state index contributed by atoms with van der Waals surface area (Å²) in [6.07, 6.45) is 2.27. The monoisotopic (exact) mass is 343 g/mol. The lowest BCUT2D eigenvalue weighted by Crippen LogP contribution is -2.27. The molecule has 0 radical (unpaired) electrons. The van der Waals surface area contributed by atoms with E-state index in [9.17, 15) is 18.0 Å². The highest BCUT2D eigenvalue weighted by atomic mass is 19.4. The number of esters is 1. The molecule has 0 bridgehead atoms. The second-order valence-corrected chi connectivity index (χ2v) is 5.82. The predicted molar refractivity (Wildman–Crippen MR) is 82.7 cm³/mol. The van der Waals surface area contributed by atoms with E-state index >= 15 is 0 Å². The van der Waals surface area contributed by atoms with Crippen molar-refractivity contribution in [3.63, 3.8) is 0 Å². The summed E-state index contributed by atoms with van der Waals surface area (Å²) in [5.74, 6) is -1.17. The summed E-state index contributed by atoms with van der Waals surface area (Å²) >= 11 is 0. The Balaban J connectivity index is 2.07. The maximum Gasteiger partial charge on any atom is 0.391 e. The van der Waals surface area contributed by atoms with Gasteiger partial charge >= 0.3 is 12.1 Å². The third kappa shape index (κ3) is 4.49. The minimum atomic E-state index is -4.10. The molecule has 132 valence electrons. The van der Waals surface area contributed by atoms with Gasteiger partial charge in [-0.3, -0.25) is 0 Å². The number of hydrogen-bond acceptors (Lipinski definition) is 4. The first-order valence-corrected chi connectivity index (χ1v) is 7.72. The molecule has 1 aromatic rings. The van der Waals surface area contributed by atoms with Gasteiger partial charge in [-0.1, -0.05) is 12.2 Å². The number of hydrogen-bond donors (Lipinski definition) is 0. The Morgan fingerprint density at radius 3 is 2.46 bits per heavy atom. The van der Waals surface area contributed by atoms with Gasteiger partial charge in [-0.15, -0.1) is 0 Å². The Morgan fingerprint density at radius 2 is 1.92 bits per heavy atom. The molecule has 0 N–H and O–H groups in total. The van der Waals surface area contributed by atoms with E-state index in [2.05, 4.69) is 9.72 Å². The molecule has 0 amide bonds. The van der Waals surface area contributed by atoms with E-state index in [-0.39, 0.29) is 24.5 Å². The minimum Gasteiger partial charge on any atom is -0.495 e. The van der Waals surface area contributed by atoms with Crippen LogP contribution >= 0.6 is 0 Å². The van der Waals surface area contributed by atoms with Crippen LogP contribution in [-0.4, -0.2) is 31.3 Å². The number of rotatable bonds is 4. The van der Waals surface area contributed by atoms with Gasteiger partial charge in [0, 0.05) is 5.56 Å². The lowest BCUT2D eigenvalue weighted by Gasteiger charge is -2.28. The smallest absolute Gasteiger partial charge is 0.391 e. The van der Waals surface area contributed by atoms with E-state index in [1.165, 1.54) is 20.4 Å². The van der Waals surface area contributed by atoms with Gasteiger partial charge in [0.1, 0.15) is 11.4 Å². The quantitative estimate of drug-likeness (QED) is 0.767. The molecule has 0 spiro atoms. The molecular formula is C17H20F3NO3. The topological polar surface area (TPSA) is 48.4 Å². The van der Waals surface area contributed by atoms with Crippen LogP contribution in [0.1, 0.15) is 41.7 Å². The van der Waals surface area contributed by atoms with Gasteiger partial charge in [-0.2, -0.15) is 13.2 Å². The van der Waals surface area contributed by atoms with Crippen LogP contribution in [0.2, 0.25) is 0 Å². The molecule has 1 aliphatic rings. The highest BCUT2D eigenvalue weighted by Crippen LogP contribution is 2.40. The van der Waals surface area contributed by atoms with Crippen LogP contribution in [0.25, 0.3) is 6.08 Å². The van der Waals surface area contributed by atoms with Crippen LogP contribution in [-0.2, 0) is 4.74 Å². The number of nitrogens with zero attached hydrogens (tertiary/aromatic N) is 1. The third-order valence-electron chi connectivity index (χ3n) is 4.29.